The van der Waals surface area contributed by atoms with Crippen LogP contribution in [0.2, 0.25) is 0 Å². The Kier molecular flexibility index (Phi) is 10.2. The number of nitrogens with zero attached hydrogens (tertiary/aromatic N) is 4. The molecule has 2 aliphatic rings. The van der Waals surface area contributed by atoms with Crippen LogP contribution in [0.15, 0.2) is 60.9 Å². The Balaban J connectivity index is 1.16. The minimum absolute atomic E-state index is 0.133. The maximum atomic E-state index is 14.8. The van der Waals surface area contributed by atoms with Gasteiger partial charge in [0.1, 0.15) is 23.8 Å². The summed E-state index contributed by atoms with van der Waals surface area (Å²) in [5.41, 5.74) is 0.389. The first-order valence-electron chi connectivity index (χ1n) is 15.6. The minimum Gasteiger partial charge on any atom is -0.487 e. The van der Waals surface area contributed by atoms with E-state index in [2.05, 4.69) is 15.3 Å². The van der Waals surface area contributed by atoms with Gasteiger partial charge in [-0.05, 0) is 75.8 Å². The van der Waals surface area contributed by atoms with Gasteiger partial charge in [-0.1, -0.05) is 30.3 Å². The molecule has 46 heavy (non-hydrogen) atoms. The monoisotopic (exact) mass is 637 g/mol. The van der Waals surface area contributed by atoms with Gasteiger partial charge in [-0.25, -0.2) is 28.3 Å². The predicted octanol–water partition coefficient (Wildman–Crippen LogP) is 6.07. The second-order valence-electron chi connectivity index (χ2n) is 12.8. The maximum absolute atomic E-state index is 14.8. The van der Waals surface area contributed by atoms with Crippen molar-refractivity contribution in [1.82, 2.24) is 20.2 Å². The van der Waals surface area contributed by atoms with Crippen molar-refractivity contribution >= 4 is 18.1 Å². The van der Waals surface area contributed by atoms with Crippen LogP contribution in [0.3, 0.4) is 0 Å². The van der Waals surface area contributed by atoms with Crippen molar-refractivity contribution in [3.63, 3.8) is 0 Å². The van der Waals surface area contributed by atoms with Gasteiger partial charge in [0.25, 0.3) is 0 Å². The summed E-state index contributed by atoms with van der Waals surface area (Å²) >= 11 is 0. The summed E-state index contributed by atoms with van der Waals surface area (Å²) in [5.74, 6) is -0.583. The van der Waals surface area contributed by atoms with E-state index in [4.69, 9.17) is 14.2 Å². The van der Waals surface area contributed by atoms with Gasteiger partial charge in [0.2, 0.25) is 5.95 Å². The number of piperidine rings is 1. The predicted molar refractivity (Wildman–Crippen MR) is 168 cm³/mol. The molecule has 0 unspecified atom stereocenters. The van der Waals surface area contributed by atoms with Gasteiger partial charge in [0.05, 0.1) is 24.5 Å². The standard InChI is InChI=1S/C34H41F2N5O5/c1-22(24-12-14-40(15-13-24)33(43)44-21-23-8-6-5-7-9-23)45-26-17-37-31(38-18-26)41-19-28(27-16-25(35)10-11-29(27)36)30(20-41)39-32(42)46-34(2,3)4/h5-11,16-18,22,24,28,30H,12-15,19-21H2,1-4H3,(H,39,42)/t22-,28+,30-/m0/s1. The first-order chi connectivity index (χ1) is 21.9. The van der Waals surface area contributed by atoms with E-state index in [1.807, 2.05) is 42.2 Å². The summed E-state index contributed by atoms with van der Waals surface area (Å²) in [6.45, 7) is 9.19. The molecular weight excluding hydrogens is 596 g/mol. The molecule has 0 radical (unpaired) electrons. The van der Waals surface area contributed by atoms with E-state index in [0.29, 0.717) is 24.8 Å². The Hall–Kier alpha value is -4.48. The van der Waals surface area contributed by atoms with Gasteiger partial charge in [0.15, 0.2) is 5.75 Å². The molecule has 5 rings (SSSR count). The highest BCUT2D eigenvalue weighted by Crippen LogP contribution is 2.33. The zero-order valence-corrected chi connectivity index (χ0v) is 26.6. The zero-order valence-electron chi connectivity index (χ0n) is 26.6. The van der Waals surface area contributed by atoms with Crippen LogP contribution in [0.5, 0.6) is 5.75 Å². The number of hydrogen-bond acceptors (Lipinski definition) is 8. The quantitative estimate of drug-likeness (QED) is 0.318. The fraction of sp³-hybridized carbons (Fsp3) is 0.471. The molecule has 0 spiro atoms. The normalized spacial score (nSPS) is 19.4. The number of rotatable bonds is 8. The zero-order chi connectivity index (χ0) is 32.8. The van der Waals surface area contributed by atoms with Crippen molar-refractivity contribution in [1.29, 1.82) is 0 Å². The van der Waals surface area contributed by atoms with Crippen molar-refractivity contribution in [3.05, 3.63) is 83.7 Å². The van der Waals surface area contributed by atoms with Crippen LogP contribution in [0.25, 0.3) is 0 Å². The number of alkyl carbamates (subject to hydrolysis) is 1. The van der Waals surface area contributed by atoms with E-state index >= 15 is 0 Å². The van der Waals surface area contributed by atoms with E-state index in [9.17, 15) is 18.4 Å². The van der Waals surface area contributed by atoms with Gasteiger partial charge in [-0.3, -0.25) is 0 Å². The molecule has 2 fully saturated rings. The molecule has 2 saturated heterocycles. The first kappa shape index (κ1) is 32.9. The highest BCUT2D eigenvalue weighted by molar-refractivity contribution is 5.69. The summed E-state index contributed by atoms with van der Waals surface area (Å²) < 4.78 is 46.0. The van der Waals surface area contributed by atoms with Gasteiger partial charge in [-0.15, -0.1) is 0 Å². The second kappa shape index (κ2) is 14.3. The van der Waals surface area contributed by atoms with Crippen LogP contribution in [0.4, 0.5) is 24.3 Å². The summed E-state index contributed by atoms with van der Waals surface area (Å²) in [5, 5.41) is 2.82. The molecular formula is C34H41F2N5O5. The number of carbonyl (C=O) groups is 2. The summed E-state index contributed by atoms with van der Waals surface area (Å²) in [4.78, 5) is 37.7. The SMILES string of the molecule is C[C@H](Oc1cnc(N2C[C@H](NC(=O)OC(C)(C)C)[C@@H](c3cc(F)ccc3F)C2)nc1)C1CCN(C(=O)OCc2ccccc2)CC1. The highest BCUT2D eigenvalue weighted by atomic mass is 19.1. The number of aromatic nitrogens is 2. The van der Waals surface area contributed by atoms with Crippen LogP contribution < -0.4 is 15.0 Å². The molecule has 2 aliphatic heterocycles. The number of halogens is 2. The minimum atomic E-state index is -0.719. The Morgan fingerprint density at radius 1 is 1.02 bits per heavy atom. The summed E-state index contributed by atoms with van der Waals surface area (Å²) in [6, 6.07) is 12.3. The molecule has 1 N–H and O–H groups in total. The number of ether oxygens (including phenoxy) is 3. The number of amides is 2. The largest absolute Gasteiger partial charge is 0.487 e. The lowest BCUT2D eigenvalue weighted by atomic mass is 9.92. The van der Waals surface area contributed by atoms with Crippen LogP contribution >= 0.6 is 0 Å². The summed E-state index contributed by atoms with van der Waals surface area (Å²) in [7, 11) is 0. The van der Waals surface area contributed by atoms with Crippen molar-refractivity contribution in [2.75, 3.05) is 31.1 Å². The topological polar surface area (TPSA) is 106 Å². The number of benzene rings is 2. The molecule has 12 heteroatoms. The fourth-order valence-corrected chi connectivity index (χ4v) is 5.89. The van der Waals surface area contributed by atoms with Gasteiger partial charge in [0, 0.05) is 32.1 Å². The smallest absolute Gasteiger partial charge is 0.410 e. The third-order valence-corrected chi connectivity index (χ3v) is 8.27. The molecule has 3 atom stereocenters. The van der Waals surface area contributed by atoms with Crippen LogP contribution in [-0.2, 0) is 16.1 Å². The number of carbonyl (C=O) groups excluding carboxylic acids is 2. The van der Waals surface area contributed by atoms with Crippen molar-refractivity contribution in [2.45, 2.75) is 70.8 Å². The van der Waals surface area contributed by atoms with Crippen LogP contribution in [-0.4, -0.2) is 71.0 Å². The van der Waals surface area contributed by atoms with Crippen LogP contribution in [0.1, 0.15) is 57.6 Å². The molecule has 10 nitrogen and oxygen atoms in total. The molecule has 0 aliphatic carbocycles. The third-order valence-electron chi connectivity index (χ3n) is 8.27. The summed E-state index contributed by atoms with van der Waals surface area (Å²) in [6.07, 6.45) is 3.63. The van der Waals surface area contributed by atoms with Crippen molar-refractivity contribution < 1.29 is 32.6 Å². The lowest BCUT2D eigenvalue weighted by Gasteiger charge is -2.34. The Labute approximate surface area is 268 Å². The number of likely N-dealkylation sites (tertiary alicyclic amines) is 1. The molecule has 1 aromatic heterocycles. The Morgan fingerprint density at radius 2 is 1.72 bits per heavy atom. The first-order valence-corrected chi connectivity index (χ1v) is 15.6. The lowest BCUT2D eigenvalue weighted by Crippen LogP contribution is -2.43. The molecule has 3 aromatic rings. The van der Waals surface area contributed by atoms with Crippen molar-refractivity contribution in [3.8, 4) is 5.75 Å². The van der Waals surface area contributed by atoms with E-state index < -0.39 is 35.3 Å². The highest BCUT2D eigenvalue weighted by Gasteiger charge is 2.38. The number of nitrogens with one attached hydrogen (secondary N) is 1. The average molecular weight is 638 g/mol. The van der Waals surface area contributed by atoms with E-state index in [-0.39, 0.29) is 43.4 Å². The molecule has 2 aromatic carbocycles. The fourth-order valence-electron chi connectivity index (χ4n) is 5.89. The Morgan fingerprint density at radius 3 is 2.39 bits per heavy atom. The number of anilines is 1. The molecule has 0 saturated carbocycles. The second-order valence-corrected chi connectivity index (χ2v) is 12.8. The van der Waals surface area contributed by atoms with Gasteiger partial charge >= 0.3 is 12.2 Å². The molecule has 2 amide bonds. The number of hydrogen-bond donors (Lipinski definition) is 1. The molecule has 0 bridgehead atoms. The molecule has 246 valence electrons. The van der Waals surface area contributed by atoms with E-state index in [1.54, 1.807) is 38.1 Å². The van der Waals surface area contributed by atoms with E-state index in [0.717, 1.165) is 36.6 Å². The molecule has 3 heterocycles. The van der Waals surface area contributed by atoms with E-state index in [1.165, 1.54) is 0 Å². The van der Waals surface area contributed by atoms with Gasteiger partial charge < -0.3 is 29.3 Å². The lowest BCUT2D eigenvalue weighted by molar-refractivity contribution is 0.0504. The van der Waals surface area contributed by atoms with Crippen molar-refractivity contribution in [2.24, 2.45) is 5.92 Å². The van der Waals surface area contributed by atoms with Crippen LogP contribution in [0, 0.1) is 17.6 Å². The Bertz CT molecular complexity index is 1480. The third kappa shape index (κ3) is 8.61. The van der Waals surface area contributed by atoms with Gasteiger partial charge in [-0.2, -0.15) is 0 Å². The average Bonchev–Trinajstić information content (AvgIpc) is 3.44. The maximum Gasteiger partial charge on any atom is 0.410 e.